The minimum atomic E-state index is -3.22. The van der Waals surface area contributed by atoms with Crippen LogP contribution in [0.1, 0.15) is 19.8 Å². The summed E-state index contributed by atoms with van der Waals surface area (Å²) in [5.74, 6) is -0.828. The van der Waals surface area contributed by atoms with Crippen molar-refractivity contribution >= 4 is 28.2 Å². The standard InChI is InChI=1S/C10H20N2O3S.ClH/c1-10(4-3-5-11-7-10)8-12-9(13)6-16(2,14)15;/h11H,3-8H2,1-2H3,(H,12,13);1H. The molecule has 0 bridgehead atoms. The van der Waals surface area contributed by atoms with Crippen molar-refractivity contribution in [2.75, 3.05) is 31.6 Å². The molecular formula is C10H21ClN2O3S. The van der Waals surface area contributed by atoms with Gasteiger partial charge in [0.05, 0.1) is 0 Å². The van der Waals surface area contributed by atoms with Crippen LogP contribution in [0.2, 0.25) is 0 Å². The molecule has 1 amide bonds. The first-order chi connectivity index (χ1) is 7.31. The molecule has 0 aromatic carbocycles. The highest BCUT2D eigenvalue weighted by atomic mass is 35.5. The van der Waals surface area contributed by atoms with E-state index in [9.17, 15) is 13.2 Å². The highest BCUT2D eigenvalue weighted by Gasteiger charge is 2.27. The monoisotopic (exact) mass is 284 g/mol. The predicted molar refractivity (Wildman–Crippen MR) is 70.2 cm³/mol. The smallest absolute Gasteiger partial charge is 0.235 e. The van der Waals surface area contributed by atoms with Crippen LogP contribution in [-0.4, -0.2) is 46.0 Å². The quantitative estimate of drug-likeness (QED) is 0.760. The number of carbonyl (C=O) groups is 1. The Hall–Kier alpha value is -0.330. The van der Waals surface area contributed by atoms with Gasteiger partial charge in [0.25, 0.3) is 0 Å². The average Bonchev–Trinajstić information content (AvgIpc) is 2.14. The number of amides is 1. The van der Waals surface area contributed by atoms with Crippen molar-refractivity contribution in [1.29, 1.82) is 0 Å². The largest absolute Gasteiger partial charge is 0.355 e. The molecule has 1 aliphatic rings. The Bertz CT molecular complexity index is 351. The zero-order chi connectivity index (χ0) is 12.2. The van der Waals surface area contributed by atoms with Crippen LogP contribution in [-0.2, 0) is 14.6 Å². The number of nitrogens with one attached hydrogen (secondary N) is 2. The Morgan fingerprint density at radius 1 is 1.47 bits per heavy atom. The van der Waals surface area contributed by atoms with Crippen molar-refractivity contribution in [3.63, 3.8) is 0 Å². The van der Waals surface area contributed by atoms with Gasteiger partial charge >= 0.3 is 0 Å². The number of halogens is 1. The Morgan fingerprint density at radius 2 is 2.12 bits per heavy atom. The molecule has 0 radical (unpaired) electrons. The van der Waals surface area contributed by atoms with Crippen molar-refractivity contribution in [2.24, 2.45) is 5.41 Å². The normalized spacial score (nSPS) is 24.8. The van der Waals surface area contributed by atoms with Crippen molar-refractivity contribution in [3.8, 4) is 0 Å². The molecule has 1 saturated heterocycles. The van der Waals surface area contributed by atoms with Gasteiger partial charge in [-0.05, 0) is 24.8 Å². The second-order valence-corrected chi connectivity index (χ2v) is 7.08. The van der Waals surface area contributed by atoms with E-state index in [2.05, 4.69) is 17.6 Å². The molecule has 7 heteroatoms. The van der Waals surface area contributed by atoms with Crippen LogP contribution in [0.15, 0.2) is 0 Å². The van der Waals surface area contributed by atoms with E-state index in [4.69, 9.17) is 0 Å². The Balaban J connectivity index is 0.00000256. The van der Waals surface area contributed by atoms with E-state index in [1.54, 1.807) is 0 Å². The molecule has 1 unspecified atom stereocenters. The first-order valence-electron chi connectivity index (χ1n) is 5.46. The van der Waals surface area contributed by atoms with Gasteiger partial charge in [-0.3, -0.25) is 4.79 Å². The zero-order valence-corrected chi connectivity index (χ0v) is 11.9. The second-order valence-electron chi connectivity index (χ2n) is 4.94. The number of hydrogen-bond donors (Lipinski definition) is 2. The number of sulfone groups is 1. The van der Waals surface area contributed by atoms with Crippen LogP contribution in [0.5, 0.6) is 0 Å². The summed E-state index contributed by atoms with van der Waals surface area (Å²) in [6, 6.07) is 0. The summed E-state index contributed by atoms with van der Waals surface area (Å²) in [7, 11) is -3.22. The third-order valence-corrected chi connectivity index (χ3v) is 3.58. The predicted octanol–water partition coefficient (Wildman–Crippen LogP) is -0.0413. The second kappa shape index (κ2) is 6.56. The van der Waals surface area contributed by atoms with Crippen LogP contribution in [0.4, 0.5) is 0 Å². The lowest BCUT2D eigenvalue weighted by atomic mass is 9.83. The van der Waals surface area contributed by atoms with E-state index in [1.165, 1.54) is 0 Å². The molecule has 5 nitrogen and oxygen atoms in total. The molecule has 1 heterocycles. The minimum Gasteiger partial charge on any atom is -0.355 e. The highest BCUT2D eigenvalue weighted by molar-refractivity contribution is 7.91. The van der Waals surface area contributed by atoms with Crippen molar-refractivity contribution in [1.82, 2.24) is 10.6 Å². The molecule has 1 rings (SSSR count). The summed E-state index contributed by atoms with van der Waals surface area (Å²) in [6.07, 6.45) is 3.22. The third kappa shape index (κ3) is 6.85. The van der Waals surface area contributed by atoms with Gasteiger partial charge in [-0.25, -0.2) is 8.42 Å². The fourth-order valence-electron chi connectivity index (χ4n) is 1.87. The summed E-state index contributed by atoms with van der Waals surface area (Å²) in [5, 5.41) is 5.97. The lowest BCUT2D eigenvalue weighted by Crippen LogP contribution is -2.46. The van der Waals surface area contributed by atoms with Gasteiger partial charge in [-0.15, -0.1) is 12.4 Å². The SMILES string of the molecule is CC1(CNC(=O)CS(C)(=O)=O)CCCNC1.Cl. The van der Waals surface area contributed by atoms with Gasteiger partial charge in [0.15, 0.2) is 9.84 Å². The average molecular weight is 285 g/mol. The van der Waals surface area contributed by atoms with E-state index in [1.807, 2.05) is 0 Å². The van der Waals surface area contributed by atoms with Gasteiger partial charge in [0, 0.05) is 19.3 Å². The fourth-order valence-corrected chi connectivity index (χ4v) is 2.45. The van der Waals surface area contributed by atoms with Crippen LogP contribution in [0, 0.1) is 5.41 Å². The number of piperidine rings is 1. The molecule has 0 saturated carbocycles. The van der Waals surface area contributed by atoms with Crippen LogP contribution >= 0.6 is 12.4 Å². The van der Waals surface area contributed by atoms with Crippen molar-refractivity contribution < 1.29 is 13.2 Å². The van der Waals surface area contributed by atoms with E-state index in [-0.39, 0.29) is 17.8 Å². The molecular weight excluding hydrogens is 264 g/mol. The first kappa shape index (κ1) is 16.7. The number of rotatable bonds is 4. The fraction of sp³-hybridized carbons (Fsp3) is 0.900. The van der Waals surface area contributed by atoms with E-state index in [0.29, 0.717) is 6.54 Å². The Kier molecular flexibility index (Phi) is 6.43. The highest BCUT2D eigenvalue weighted by Crippen LogP contribution is 2.23. The zero-order valence-electron chi connectivity index (χ0n) is 10.3. The van der Waals surface area contributed by atoms with Gasteiger partial charge in [0.1, 0.15) is 5.75 Å². The summed E-state index contributed by atoms with van der Waals surface area (Å²) < 4.78 is 21.8. The summed E-state index contributed by atoms with van der Waals surface area (Å²) >= 11 is 0. The van der Waals surface area contributed by atoms with E-state index >= 15 is 0 Å². The Morgan fingerprint density at radius 3 is 2.59 bits per heavy atom. The van der Waals surface area contributed by atoms with Gasteiger partial charge < -0.3 is 10.6 Å². The van der Waals surface area contributed by atoms with Crippen molar-refractivity contribution in [3.05, 3.63) is 0 Å². The summed E-state index contributed by atoms with van der Waals surface area (Å²) in [4.78, 5) is 11.3. The summed E-state index contributed by atoms with van der Waals surface area (Å²) in [6.45, 7) is 4.52. The molecule has 0 aromatic heterocycles. The molecule has 2 N–H and O–H groups in total. The molecule has 1 fully saturated rings. The molecule has 0 spiro atoms. The number of hydrogen-bond acceptors (Lipinski definition) is 4. The minimum absolute atomic E-state index is 0. The lowest BCUT2D eigenvalue weighted by Gasteiger charge is -2.34. The van der Waals surface area contributed by atoms with Crippen LogP contribution in [0.3, 0.4) is 0 Å². The maximum absolute atomic E-state index is 11.3. The van der Waals surface area contributed by atoms with Gasteiger partial charge in [-0.2, -0.15) is 0 Å². The molecule has 0 aliphatic carbocycles. The van der Waals surface area contributed by atoms with Gasteiger partial charge in [0.2, 0.25) is 5.91 Å². The molecule has 0 aromatic rings. The van der Waals surface area contributed by atoms with Crippen LogP contribution in [0.25, 0.3) is 0 Å². The van der Waals surface area contributed by atoms with E-state index in [0.717, 1.165) is 32.2 Å². The molecule has 1 atom stereocenters. The maximum atomic E-state index is 11.3. The summed E-state index contributed by atoms with van der Waals surface area (Å²) in [5.41, 5.74) is 0.0470. The third-order valence-electron chi connectivity index (χ3n) is 2.79. The molecule has 17 heavy (non-hydrogen) atoms. The maximum Gasteiger partial charge on any atom is 0.235 e. The topological polar surface area (TPSA) is 75.3 Å². The van der Waals surface area contributed by atoms with Crippen molar-refractivity contribution in [2.45, 2.75) is 19.8 Å². The molecule has 102 valence electrons. The Labute approximate surface area is 109 Å². The molecule has 1 aliphatic heterocycles. The van der Waals surface area contributed by atoms with Crippen LogP contribution < -0.4 is 10.6 Å². The number of carbonyl (C=O) groups excluding carboxylic acids is 1. The first-order valence-corrected chi connectivity index (χ1v) is 7.52. The van der Waals surface area contributed by atoms with E-state index < -0.39 is 21.5 Å². The lowest BCUT2D eigenvalue weighted by molar-refractivity contribution is -0.119. The van der Waals surface area contributed by atoms with Gasteiger partial charge in [-0.1, -0.05) is 6.92 Å².